The lowest BCUT2D eigenvalue weighted by molar-refractivity contribution is 0.595. The molecule has 4 nitrogen and oxygen atoms in total. The van der Waals surface area contributed by atoms with Gasteiger partial charge in [0.2, 0.25) is 10.0 Å². The van der Waals surface area contributed by atoms with Gasteiger partial charge in [-0.05, 0) is 25.1 Å². The van der Waals surface area contributed by atoms with Crippen molar-refractivity contribution in [3.05, 3.63) is 48.3 Å². The number of aryl methyl sites for hydroxylation is 1. The third-order valence-corrected chi connectivity index (χ3v) is 4.40. The summed E-state index contributed by atoms with van der Waals surface area (Å²) in [6.07, 6.45) is 2.82. The van der Waals surface area contributed by atoms with Crippen molar-refractivity contribution in [3.63, 3.8) is 0 Å². The first-order chi connectivity index (χ1) is 8.47. The Balaban J connectivity index is 2.41. The molecule has 1 heterocycles. The average molecular weight is 280 g/mol. The van der Waals surface area contributed by atoms with Crippen LogP contribution in [0, 0.1) is 6.92 Å². The number of rotatable bonds is 3. The van der Waals surface area contributed by atoms with Gasteiger partial charge in [0, 0.05) is 22.2 Å². The second-order valence-electron chi connectivity index (χ2n) is 3.79. The van der Waals surface area contributed by atoms with Gasteiger partial charge in [-0.25, -0.2) is 13.6 Å². The maximum atomic E-state index is 11.4. The number of benzene rings is 1. The fraction of sp³-hybridized carbons (Fsp3) is 0.0833. The van der Waals surface area contributed by atoms with Gasteiger partial charge in [-0.3, -0.25) is 4.98 Å². The van der Waals surface area contributed by atoms with Crippen LogP contribution in [0.15, 0.2) is 57.4 Å². The Hall–Kier alpha value is -1.37. The molecule has 0 aliphatic rings. The SMILES string of the molecule is Cc1cccc(Sc2ccncc2S(N)(=O)=O)c1. The molecule has 0 fully saturated rings. The number of pyridine rings is 1. The zero-order chi connectivity index (χ0) is 13.2. The molecular formula is C12H12N2O2S2. The lowest BCUT2D eigenvalue weighted by atomic mass is 10.2. The predicted molar refractivity (Wildman–Crippen MR) is 70.9 cm³/mol. The molecule has 0 aliphatic carbocycles. The molecule has 0 radical (unpaired) electrons. The molecule has 2 N–H and O–H groups in total. The summed E-state index contributed by atoms with van der Waals surface area (Å²) in [6, 6.07) is 9.46. The normalized spacial score (nSPS) is 11.4. The largest absolute Gasteiger partial charge is 0.263 e. The highest BCUT2D eigenvalue weighted by Crippen LogP contribution is 2.31. The van der Waals surface area contributed by atoms with E-state index in [0.717, 1.165) is 10.5 Å². The van der Waals surface area contributed by atoms with Gasteiger partial charge in [-0.2, -0.15) is 0 Å². The zero-order valence-electron chi connectivity index (χ0n) is 9.70. The minimum Gasteiger partial charge on any atom is -0.263 e. The molecule has 0 saturated heterocycles. The van der Waals surface area contributed by atoms with Crippen LogP contribution in [0.2, 0.25) is 0 Å². The summed E-state index contributed by atoms with van der Waals surface area (Å²) < 4.78 is 22.9. The third kappa shape index (κ3) is 3.10. The first-order valence-corrected chi connectivity index (χ1v) is 7.54. The smallest absolute Gasteiger partial charge is 0.240 e. The molecule has 0 bridgehead atoms. The first-order valence-electron chi connectivity index (χ1n) is 5.18. The van der Waals surface area contributed by atoms with Crippen molar-refractivity contribution in [1.82, 2.24) is 4.98 Å². The van der Waals surface area contributed by atoms with Crippen LogP contribution in [-0.4, -0.2) is 13.4 Å². The van der Waals surface area contributed by atoms with Gasteiger partial charge in [0.05, 0.1) is 0 Å². The summed E-state index contributed by atoms with van der Waals surface area (Å²) in [7, 11) is -3.75. The van der Waals surface area contributed by atoms with Gasteiger partial charge < -0.3 is 0 Å². The number of hydrogen-bond acceptors (Lipinski definition) is 4. The summed E-state index contributed by atoms with van der Waals surface area (Å²) in [5, 5.41) is 5.16. The van der Waals surface area contributed by atoms with Gasteiger partial charge in [-0.15, -0.1) is 0 Å². The number of primary sulfonamides is 1. The molecule has 2 aromatic rings. The Morgan fingerprint density at radius 1 is 1.28 bits per heavy atom. The number of nitrogens with two attached hydrogens (primary N) is 1. The molecule has 1 aromatic carbocycles. The highest BCUT2D eigenvalue weighted by Gasteiger charge is 2.14. The first kappa shape index (κ1) is 13.1. The summed E-state index contributed by atoms with van der Waals surface area (Å²) in [6.45, 7) is 1.98. The Bertz CT molecular complexity index is 669. The molecule has 6 heteroatoms. The lowest BCUT2D eigenvalue weighted by Gasteiger charge is -2.06. The van der Waals surface area contributed by atoms with Crippen LogP contribution in [0.3, 0.4) is 0 Å². The van der Waals surface area contributed by atoms with Gasteiger partial charge in [-0.1, -0.05) is 29.5 Å². The molecule has 0 saturated carbocycles. The van der Waals surface area contributed by atoms with E-state index in [9.17, 15) is 8.42 Å². The molecule has 1 aromatic heterocycles. The van der Waals surface area contributed by atoms with E-state index in [2.05, 4.69) is 4.98 Å². The van der Waals surface area contributed by atoms with E-state index in [0.29, 0.717) is 4.90 Å². The maximum Gasteiger partial charge on any atom is 0.240 e. The van der Waals surface area contributed by atoms with E-state index in [1.54, 1.807) is 12.3 Å². The predicted octanol–water partition coefficient (Wildman–Crippen LogP) is 2.19. The molecule has 94 valence electrons. The van der Waals surface area contributed by atoms with Crippen molar-refractivity contribution in [1.29, 1.82) is 0 Å². The molecule has 0 unspecified atom stereocenters. The molecule has 0 atom stereocenters. The van der Waals surface area contributed by atoms with Gasteiger partial charge >= 0.3 is 0 Å². The second kappa shape index (κ2) is 5.09. The standard InChI is InChI=1S/C12H12N2O2S2/c1-9-3-2-4-10(7-9)17-11-5-6-14-8-12(11)18(13,15)16/h2-8H,1H3,(H2,13,15,16). The Morgan fingerprint density at radius 3 is 2.72 bits per heavy atom. The van der Waals surface area contributed by atoms with Crippen molar-refractivity contribution < 1.29 is 8.42 Å². The number of aromatic nitrogens is 1. The van der Waals surface area contributed by atoms with E-state index in [4.69, 9.17) is 5.14 Å². The van der Waals surface area contributed by atoms with E-state index < -0.39 is 10.0 Å². The fourth-order valence-corrected chi connectivity index (χ4v) is 3.43. The van der Waals surface area contributed by atoms with Crippen LogP contribution in [0.1, 0.15) is 5.56 Å². The van der Waals surface area contributed by atoms with Crippen molar-refractivity contribution >= 4 is 21.8 Å². The van der Waals surface area contributed by atoms with Crippen LogP contribution in [0.5, 0.6) is 0 Å². The molecule has 2 rings (SSSR count). The third-order valence-electron chi connectivity index (χ3n) is 2.27. The summed E-state index contributed by atoms with van der Waals surface area (Å²) in [4.78, 5) is 5.40. The number of hydrogen-bond donors (Lipinski definition) is 1. The van der Waals surface area contributed by atoms with Crippen LogP contribution < -0.4 is 5.14 Å². The molecule has 0 aliphatic heterocycles. The Morgan fingerprint density at radius 2 is 2.06 bits per heavy atom. The Labute approximate surface area is 110 Å². The fourth-order valence-electron chi connectivity index (χ4n) is 1.47. The van der Waals surface area contributed by atoms with E-state index >= 15 is 0 Å². The van der Waals surface area contributed by atoms with Crippen molar-refractivity contribution in [2.75, 3.05) is 0 Å². The van der Waals surface area contributed by atoms with Gasteiger partial charge in [0.1, 0.15) is 4.90 Å². The zero-order valence-corrected chi connectivity index (χ0v) is 11.3. The average Bonchev–Trinajstić information content (AvgIpc) is 2.28. The van der Waals surface area contributed by atoms with Gasteiger partial charge in [0.25, 0.3) is 0 Å². The maximum absolute atomic E-state index is 11.4. The van der Waals surface area contributed by atoms with Crippen LogP contribution in [0.4, 0.5) is 0 Å². The van der Waals surface area contributed by atoms with Crippen LogP contribution in [0.25, 0.3) is 0 Å². The number of sulfonamides is 1. The minimum absolute atomic E-state index is 0.0523. The summed E-state index contributed by atoms with van der Waals surface area (Å²) in [5.74, 6) is 0. The van der Waals surface area contributed by atoms with E-state index in [1.807, 2.05) is 31.2 Å². The minimum atomic E-state index is -3.75. The van der Waals surface area contributed by atoms with Crippen molar-refractivity contribution in [2.24, 2.45) is 5.14 Å². The molecule has 18 heavy (non-hydrogen) atoms. The Kier molecular flexibility index (Phi) is 3.70. The van der Waals surface area contributed by atoms with Crippen molar-refractivity contribution in [2.45, 2.75) is 21.6 Å². The monoisotopic (exact) mass is 280 g/mol. The summed E-state index contributed by atoms with van der Waals surface area (Å²) >= 11 is 1.36. The lowest BCUT2D eigenvalue weighted by Crippen LogP contribution is -2.13. The van der Waals surface area contributed by atoms with E-state index in [-0.39, 0.29) is 4.90 Å². The van der Waals surface area contributed by atoms with Crippen molar-refractivity contribution in [3.8, 4) is 0 Å². The molecule has 0 spiro atoms. The second-order valence-corrected chi connectivity index (χ2v) is 6.43. The van der Waals surface area contributed by atoms with Crippen LogP contribution in [-0.2, 0) is 10.0 Å². The molecule has 0 amide bonds. The number of nitrogens with zero attached hydrogens (tertiary/aromatic N) is 1. The molecular weight excluding hydrogens is 268 g/mol. The summed E-state index contributed by atoms with van der Waals surface area (Å²) in [5.41, 5.74) is 1.12. The van der Waals surface area contributed by atoms with E-state index in [1.165, 1.54) is 18.0 Å². The topological polar surface area (TPSA) is 73.0 Å². The highest BCUT2D eigenvalue weighted by atomic mass is 32.2. The quantitative estimate of drug-likeness (QED) is 0.935. The highest BCUT2D eigenvalue weighted by molar-refractivity contribution is 8.00. The van der Waals surface area contributed by atoms with Gasteiger partial charge in [0.15, 0.2) is 0 Å². The van der Waals surface area contributed by atoms with Crippen LogP contribution >= 0.6 is 11.8 Å².